The molecular weight excluding hydrogens is 452 g/mol. The van der Waals surface area contributed by atoms with Crippen molar-refractivity contribution in [2.24, 2.45) is 4.99 Å². The Morgan fingerprint density at radius 3 is 2.59 bits per heavy atom. The minimum absolute atomic E-state index is 0.119. The Morgan fingerprint density at radius 2 is 1.94 bits per heavy atom. The predicted octanol–water partition coefficient (Wildman–Crippen LogP) is 5.52. The van der Waals surface area contributed by atoms with Gasteiger partial charge in [-0.1, -0.05) is 30.7 Å². The first-order valence-corrected chi connectivity index (χ1v) is 9.83. The van der Waals surface area contributed by atoms with Crippen LogP contribution >= 0.6 is 11.6 Å². The minimum atomic E-state index is -5.07. The van der Waals surface area contributed by atoms with Crippen molar-refractivity contribution in [1.82, 2.24) is 4.98 Å². The van der Waals surface area contributed by atoms with Gasteiger partial charge in [0.05, 0.1) is 23.3 Å². The van der Waals surface area contributed by atoms with E-state index in [-0.39, 0.29) is 27.6 Å². The molecule has 10 heteroatoms. The molecule has 32 heavy (non-hydrogen) atoms. The monoisotopic (exact) mass is 470 g/mol. The smallest absolute Gasteiger partial charge is 0.422 e. The van der Waals surface area contributed by atoms with Crippen molar-refractivity contribution in [2.75, 3.05) is 7.11 Å². The highest BCUT2D eigenvalue weighted by molar-refractivity contribution is 6.30. The van der Waals surface area contributed by atoms with E-state index in [1.807, 2.05) is 0 Å². The molecule has 1 aromatic heterocycles. The standard InChI is InChI=1S/C22H19ClF4N2O3/c1-12(13-6-8-15(23)19(24)20(13)32-2)10-21(31,22(25,26)27)11-28-16-4-3-5-17-14(16)7-9-18(30)29-17/h3-9,11-12,31H,10H2,1-2H3,(H,29,30)/b28-11+. The number of rotatable bonds is 6. The molecule has 0 fully saturated rings. The first-order valence-electron chi connectivity index (χ1n) is 9.45. The van der Waals surface area contributed by atoms with Crippen LogP contribution in [0.2, 0.25) is 5.02 Å². The van der Waals surface area contributed by atoms with Crippen LogP contribution in [0.5, 0.6) is 5.75 Å². The normalized spacial score (nSPS) is 15.1. The molecule has 0 radical (unpaired) electrons. The largest absolute Gasteiger partial charge is 0.493 e. The van der Waals surface area contributed by atoms with Crippen molar-refractivity contribution in [3.8, 4) is 5.75 Å². The lowest BCUT2D eigenvalue weighted by molar-refractivity contribution is -0.231. The number of aliphatic hydroxyl groups is 1. The molecule has 5 nitrogen and oxygen atoms in total. The molecule has 0 aliphatic carbocycles. The van der Waals surface area contributed by atoms with Crippen molar-refractivity contribution >= 4 is 34.4 Å². The van der Waals surface area contributed by atoms with Gasteiger partial charge in [-0.2, -0.15) is 13.2 Å². The van der Waals surface area contributed by atoms with Gasteiger partial charge < -0.3 is 14.8 Å². The fourth-order valence-electron chi connectivity index (χ4n) is 3.42. The van der Waals surface area contributed by atoms with Crippen LogP contribution in [0.25, 0.3) is 10.9 Å². The van der Waals surface area contributed by atoms with Crippen LogP contribution in [0.1, 0.15) is 24.8 Å². The Morgan fingerprint density at radius 1 is 1.22 bits per heavy atom. The zero-order valence-electron chi connectivity index (χ0n) is 17.0. The highest BCUT2D eigenvalue weighted by Crippen LogP contribution is 2.41. The Labute approximate surface area is 185 Å². The topological polar surface area (TPSA) is 74.7 Å². The zero-order valence-corrected chi connectivity index (χ0v) is 17.8. The third kappa shape index (κ3) is 4.63. The Kier molecular flexibility index (Phi) is 6.61. The van der Waals surface area contributed by atoms with Crippen LogP contribution < -0.4 is 10.3 Å². The van der Waals surface area contributed by atoms with Crippen molar-refractivity contribution in [3.63, 3.8) is 0 Å². The van der Waals surface area contributed by atoms with Gasteiger partial charge in [0.1, 0.15) is 0 Å². The van der Waals surface area contributed by atoms with Gasteiger partial charge in [-0.3, -0.25) is 9.79 Å². The van der Waals surface area contributed by atoms with E-state index in [4.69, 9.17) is 16.3 Å². The van der Waals surface area contributed by atoms with Gasteiger partial charge in [-0.05, 0) is 36.6 Å². The second-order valence-electron chi connectivity index (χ2n) is 7.33. The number of nitrogens with zero attached hydrogens (tertiary/aromatic N) is 1. The molecule has 0 bridgehead atoms. The summed E-state index contributed by atoms with van der Waals surface area (Å²) in [4.78, 5) is 17.9. The van der Waals surface area contributed by atoms with Crippen molar-refractivity contribution < 1.29 is 27.4 Å². The van der Waals surface area contributed by atoms with E-state index < -0.39 is 29.9 Å². The summed E-state index contributed by atoms with van der Waals surface area (Å²) in [5.74, 6) is -2.16. The maximum Gasteiger partial charge on any atom is 0.422 e. The second-order valence-corrected chi connectivity index (χ2v) is 7.74. The SMILES string of the molecule is COc1c(C(C)CC(O)(/C=N/c2cccc3[nH]c(=O)ccc23)C(F)(F)F)ccc(Cl)c1F. The Bertz CT molecular complexity index is 1230. The molecule has 0 saturated heterocycles. The number of aliphatic imine (C=N–C) groups is 1. The van der Waals surface area contributed by atoms with Crippen LogP contribution in [-0.4, -0.2) is 35.2 Å². The number of alkyl halides is 3. The molecular formula is C22H19ClF4N2O3. The van der Waals surface area contributed by atoms with Gasteiger partial charge in [-0.15, -0.1) is 0 Å². The van der Waals surface area contributed by atoms with Crippen LogP contribution in [-0.2, 0) is 0 Å². The number of hydrogen-bond acceptors (Lipinski definition) is 4. The number of fused-ring (bicyclic) bond motifs is 1. The summed E-state index contributed by atoms with van der Waals surface area (Å²) >= 11 is 5.72. The Balaban J connectivity index is 2.00. The van der Waals surface area contributed by atoms with Crippen molar-refractivity contribution in [1.29, 1.82) is 0 Å². The second kappa shape index (κ2) is 8.91. The summed E-state index contributed by atoms with van der Waals surface area (Å²) in [6.07, 6.45) is -5.50. The van der Waals surface area contributed by atoms with Gasteiger partial charge in [0.2, 0.25) is 5.56 Å². The van der Waals surface area contributed by atoms with Gasteiger partial charge in [0, 0.05) is 23.2 Å². The number of nitrogens with one attached hydrogen (secondary N) is 1. The molecule has 0 spiro atoms. The summed E-state index contributed by atoms with van der Waals surface area (Å²) in [5.41, 5.74) is -3.06. The van der Waals surface area contributed by atoms with Crippen LogP contribution in [0.4, 0.5) is 23.2 Å². The first-order chi connectivity index (χ1) is 15.0. The number of benzene rings is 2. The molecule has 0 saturated carbocycles. The molecule has 0 amide bonds. The van der Waals surface area contributed by atoms with Crippen LogP contribution in [0.15, 0.2) is 52.3 Å². The van der Waals surface area contributed by atoms with Gasteiger partial charge in [-0.25, -0.2) is 4.39 Å². The molecule has 0 aliphatic rings. The quantitative estimate of drug-likeness (QED) is 0.368. The molecule has 3 aromatic rings. The molecule has 2 atom stereocenters. The van der Waals surface area contributed by atoms with Gasteiger partial charge >= 0.3 is 6.18 Å². The Hall–Kier alpha value is -2.91. The summed E-state index contributed by atoms with van der Waals surface area (Å²) in [6, 6.07) is 9.76. The number of aromatic nitrogens is 1. The molecule has 3 rings (SSSR count). The lowest BCUT2D eigenvalue weighted by Crippen LogP contribution is -2.47. The molecule has 2 unspecified atom stereocenters. The average molecular weight is 471 g/mol. The molecule has 2 N–H and O–H groups in total. The van der Waals surface area contributed by atoms with E-state index in [0.29, 0.717) is 17.1 Å². The molecule has 1 heterocycles. The number of halogens is 5. The fraction of sp³-hybridized carbons (Fsp3) is 0.273. The van der Waals surface area contributed by atoms with Gasteiger partial charge in [0.15, 0.2) is 17.2 Å². The first kappa shape index (κ1) is 23.7. The number of pyridine rings is 1. The van der Waals surface area contributed by atoms with Crippen molar-refractivity contribution in [2.45, 2.75) is 31.0 Å². The summed E-state index contributed by atoms with van der Waals surface area (Å²) in [7, 11) is 1.17. The zero-order chi connectivity index (χ0) is 23.7. The number of methoxy groups -OCH3 is 1. The van der Waals surface area contributed by atoms with E-state index >= 15 is 0 Å². The summed E-state index contributed by atoms with van der Waals surface area (Å²) in [6.45, 7) is 1.40. The third-order valence-electron chi connectivity index (χ3n) is 5.08. The maximum absolute atomic E-state index is 14.2. The third-order valence-corrected chi connectivity index (χ3v) is 5.38. The molecule has 170 valence electrons. The highest BCUT2D eigenvalue weighted by Gasteiger charge is 2.53. The van der Waals surface area contributed by atoms with E-state index in [1.165, 1.54) is 50.4 Å². The maximum atomic E-state index is 14.2. The lowest BCUT2D eigenvalue weighted by Gasteiger charge is -2.30. The number of hydrogen-bond donors (Lipinski definition) is 2. The molecule has 2 aromatic carbocycles. The number of ether oxygens (including phenoxy) is 1. The van der Waals surface area contributed by atoms with Crippen LogP contribution in [0, 0.1) is 5.82 Å². The number of aromatic amines is 1. The minimum Gasteiger partial charge on any atom is -0.493 e. The highest BCUT2D eigenvalue weighted by atomic mass is 35.5. The lowest BCUT2D eigenvalue weighted by atomic mass is 9.86. The summed E-state index contributed by atoms with van der Waals surface area (Å²) < 4.78 is 60.8. The van der Waals surface area contributed by atoms with E-state index in [0.717, 1.165) is 0 Å². The van der Waals surface area contributed by atoms with E-state index in [1.54, 1.807) is 6.07 Å². The molecule has 0 aliphatic heterocycles. The van der Waals surface area contributed by atoms with E-state index in [9.17, 15) is 27.5 Å². The van der Waals surface area contributed by atoms with Crippen molar-refractivity contribution in [3.05, 3.63) is 69.2 Å². The predicted molar refractivity (Wildman–Crippen MR) is 115 cm³/mol. The summed E-state index contributed by atoms with van der Waals surface area (Å²) in [5, 5.41) is 10.7. The van der Waals surface area contributed by atoms with Gasteiger partial charge in [0.25, 0.3) is 0 Å². The number of H-pyrrole nitrogens is 1. The average Bonchev–Trinajstić information content (AvgIpc) is 2.72. The fourth-order valence-corrected chi connectivity index (χ4v) is 3.57. The van der Waals surface area contributed by atoms with E-state index in [2.05, 4.69) is 9.98 Å². The van der Waals surface area contributed by atoms with Crippen LogP contribution in [0.3, 0.4) is 0 Å².